The molecule has 0 bridgehead atoms. The van der Waals surface area contributed by atoms with Crippen LogP contribution in [0.5, 0.6) is 0 Å². The molecule has 2 heterocycles. The van der Waals surface area contributed by atoms with Gasteiger partial charge in [-0.2, -0.15) is 0 Å². The van der Waals surface area contributed by atoms with Crippen LogP contribution in [-0.2, 0) is 14.3 Å². The average molecular weight is 326 g/mol. The van der Waals surface area contributed by atoms with E-state index in [4.69, 9.17) is 9.84 Å². The minimum atomic E-state index is -0.959. The van der Waals surface area contributed by atoms with Crippen LogP contribution in [-0.4, -0.2) is 60.1 Å². The number of carbonyl (C=O) groups excluding carboxylic acids is 2. The number of aliphatic carboxylic acids is 1. The molecule has 1 aromatic rings. The maximum atomic E-state index is 12.2. The number of rotatable bonds is 6. The summed E-state index contributed by atoms with van der Waals surface area (Å²) in [6.07, 6.45) is 0.0144. The number of ether oxygens (including phenoxy) is 1. The molecule has 2 N–H and O–H groups in total. The molecule has 1 aliphatic rings. The van der Waals surface area contributed by atoms with E-state index in [0.29, 0.717) is 18.0 Å². The summed E-state index contributed by atoms with van der Waals surface area (Å²) in [5, 5.41) is 13.4. The fourth-order valence-corrected chi connectivity index (χ4v) is 2.92. The number of hydrogen-bond donors (Lipinski definition) is 2. The van der Waals surface area contributed by atoms with Crippen molar-refractivity contribution in [2.24, 2.45) is 0 Å². The van der Waals surface area contributed by atoms with Gasteiger partial charge in [-0.1, -0.05) is 6.07 Å². The van der Waals surface area contributed by atoms with Crippen molar-refractivity contribution in [3.8, 4) is 0 Å². The molecule has 1 aromatic heterocycles. The Bertz CT molecular complexity index is 531. The van der Waals surface area contributed by atoms with Gasteiger partial charge in [0.1, 0.15) is 0 Å². The minimum absolute atomic E-state index is 0.132. The predicted molar refractivity (Wildman–Crippen MR) is 79.8 cm³/mol. The van der Waals surface area contributed by atoms with Crippen LogP contribution in [0.15, 0.2) is 17.5 Å². The second-order valence-corrected chi connectivity index (χ2v) is 5.84. The third-order valence-corrected chi connectivity index (χ3v) is 4.20. The number of amides is 2. The van der Waals surface area contributed by atoms with E-state index in [1.54, 1.807) is 12.1 Å². The highest BCUT2D eigenvalue weighted by atomic mass is 32.1. The Balaban J connectivity index is 1.80. The van der Waals surface area contributed by atoms with Gasteiger partial charge in [0, 0.05) is 19.5 Å². The quantitative estimate of drug-likeness (QED) is 0.797. The van der Waals surface area contributed by atoms with Gasteiger partial charge in [0.15, 0.2) is 0 Å². The topological polar surface area (TPSA) is 95.9 Å². The van der Waals surface area contributed by atoms with Crippen LogP contribution in [0.2, 0.25) is 0 Å². The van der Waals surface area contributed by atoms with Gasteiger partial charge in [0.2, 0.25) is 5.91 Å². The van der Waals surface area contributed by atoms with E-state index >= 15 is 0 Å². The molecule has 0 aliphatic carbocycles. The van der Waals surface area contributed by atoms with Crippen molar-refractivity contribution >= 4 is 29.1 Å². The van der Waals surface area contributed by atoms with Crippen molar-refractivity contribution in [1.29, 1.82) is 0 Å². The molecule has 7 nitrogen and oxygen atoms in total. The van der Waals surface area contributed by atoms with Crippen LogP contribution in [0.3, 0.4) is 0 Å². The number of nitrogens with zero attached hydrogens (tertiary/aromatic N) is 1. The Morgan fingerprint density at radius 3 is 2.95 bits per heavy atom. The van der Waals surface area contributed by atoms with Gasteiger partial charge in [-0.25, -0.2) is 0 Å². The third-order valence-electron chi connectivity index (χ3n) is 3.33. The number of thiophene rings is 1. The number of carbonyl (C=O) groups is 3. The van der Waals surface area contributed by atoms with E-state index in [-0.39, 0.29) is 37.8 Å². The van der Waals surface area contributed by atoms with Crippen molar-refractivity contribution in [1.82, 2.24) is 10.2 Å². The number of hydrogen-bond acceptors (Lipinski definition) is 5. The zero-order valence-corrected chi connectivity index (χ0v) is 12.8. The lowest BCUT2D eigenvalue weighted by Crippen LogP contribution is -2.50. The Hall–Kier alpha value is -1.93. The molecular weight excluding hydrogens is 308 g/mol. The van der Waals surface area contributed by atoms with E-state index in [0.717, 1.165) is 0 Å². The third kappa shape index (κ3) is 4.54. The molecule has 0 saturated carbocycles. The van der Waals surface area contributed by atoms with Gasteiger partial charge < -0.3 is 20.1 Å². The lowest BCUT2D eigenvalue weighted by atomic mass is 10.1. The van der Waals surface area contributed by atoms with E-state index < -0.39 is 12.0 Å². The van der Waals surface area contributed by atoms with Gasteiger partial charge in [-0.05, 0) is 11.4 Å². The van der Waals surface area contributed by atoms with Crippen LogP contribution in [0.4, 0.5) is 0 Å². The van der Waals surface area contributed by atoms with Crippen molar-refractivity contribution < 1.29 is 24.2 Å². The smallest absolute Gasteiger partial charge is 0.305 e. The van der Waals surface area contributed by atoms with Crippen LogP contribution >= 0.6 is 11.3 Å². The Kier molecular flexibility index (Phi) is 5.91. The number of nitrogens with one attached hydrogen (secondary N) is 1. The highest BCUT2D eigenvalue weighted by molar-refractivity contribution is 7.12. The zero-order chi connectivity index (χ0) is 15.9. The highest BCUT2D eigenvalue weighted by Crippen LogP contribution is 2.12. The minimum Gasteiger partial charge on any atom is -0.481 e. The summed E-state index contributed by atoms with van der Waals surface area (Å²) in [5.41, 5.74) is 0. The molecule has 1 unspecified atom stereocenters. The summed E-state index contributed by atoms with van der Waals surface area (Å²) in [6.45, 7) is 1.26. The van der Waals surface area contributed by atoms with Crippen LogP contribution in [0.1, 0.15) is 22.5 Å². The molecule has 2 rings (SSSR count). The van der Waals surface area contributed by atoms with Gasteiger partial charge >= 0.3 is 5.97 Å². The largest absolute Gasteiger partial charge is 0.481 e. The highest BCUT2D eigenvalue weighted by Gasteiger charge is 2.28. The molecule has 22 heavy (non-hydrogen) atoms. The number of carboxylic acid groups (broad SMARTS) is 1. The first-order valence-electron chi connectivity index (χ1n) is 6.98. The van der Waals surface area contributed by atoms with Gasteiger partial charge in [0.05, 0.1) is 30.6 Å². The molecule has 2 amide bonds. The molecule has 1 saturated heterocycles. The SMILES string of the molecule is O=C(O)CC1COCCN1C(=O)CCNC(=O)c1cccs1. The summed E-state index contributed by atoms with van der Waals surface area (Å²) in [6, 6.07) is 3.06. The average Bonchev–Trinajstić information content (AvgIpc) is 3.01. The summed E-state index contributed by atoms with van der Waals surface area (Å²) in [5.74, 6) is -1.33. The van der Waals surface area contributed by atoms with E-state index in [2.05, 4.69) is 5.32 Å². The van der Waals surface area contributed by atoms with E-state index in [1.807, 2.05) is 5.38 Å². The van der Waals surface area contributed by atoms with Gasteiger partial charge in [0.25, 0.3) is 5.91 Å². The molecular formula is C14H18N2O5S. The lowest BCUT2D eigenvalue weighted by Gasteiger charge is -2.34. The molecule has 0 radical (unpaired) electrons. The Morgan fingerprint density at radius 2 is 2.27 bits per heavy atom. The number of carboxylic acids is 1. The molecule has 0 spiro atoms. The maximum absolute atomic E-state index is 12.2. The first kappa shape index (κ1) is 16.4. The molecule has 1 atom stereocenters. The molecule has 1 fully saturated rings. The van der Waals surface area contributed by atoms with Crippen molar-refractivity contribution in [2.45, 2.75) is 18.9 Å². The summed E-state index contributed by atoms with van der Waals surface area (Å²) >= 11 is 1.34. The maximum Gasteiger partial charge on any atom is 0.305 e. The van der Waals surface area contributed by atoms with Crippen LogP contribution in [0.25, 0.3) is 0 Å². The predicted octanol–water partition coefficient (Wildman–Crippen LogP) is 0.570. The van der Waals surface area contributed by atoms with Crippen molar-refractivity contribution in [2.75, 3.05) is 26.3 Å². The van der Waals surface area contributed by atoms with Crippen molar-refractivity contribution in [3.63, 3.8) is 0 Å². The van der Waals surface area contributed by atoms with E-state index in [9.17, 15) is 14.4 Å². The van der Waals surface area contributed by atoms with Crippen molar-refractivity contribution in [3.05, 3.63) is 22.4 Å². The summed E-state index contributed by atoms with van der Waals surface area (Å²) < 4.78 is 5.23. The molecule has 1 aliphatic heterocycles. The summed E-state index contributed by atoms with van der Waals surface area (Å²) in [4.78, 5) is 36.9. The standard InChI is InChI=1S/C14H18N2O5S/c17-12(3-4-15-14(20)11-2-1-7-22-11)16-5-6-21-9-10(16)8-13(18)19/h1-2,7,10H,3-6,8-9H2,(H,15,20)(H,18,19). The van der Waals surface area contributed by atoms with Gasteiger partial charge in [-0.15, -0.1) is 11.3 Å². The first-order chi connectivity index (χ1) is 10.6. The van der Waals surface area contributed by atoms with Crippen LogP contribution in [0, 0.1) is 0 Å². The monoisotopic (exact) mass is 326 g/mol. The fraction of sp³-hybridized carbons (Fsp3) is 0.500. The normalized spacial score (nSPS) is 18.0. The first-order valence-corrected chi connectivity index (χ1v) is 7.86. The molecule has 8 heteroatoms. The second kappa shape index (κ2) is 7.90. The van der Waals surface area contributed by atoms with Crippen LogP contribution < -0.4 is 5.32 Å². The molecule has 120 valence electrons. The van der Waals surface area contributed by atoms with E-state index in [1.165, 1.54) is 16.2 Å². The zero-order valence-electron chi connectivity index (χ0n) is 12.0. The Labute approximate surface area is 131 Å². The summed E-state index contributed by atoms with van der Waals surface area (Å²) in [7, 11) is 0. The molecule has 0 aromatic carbocycles. The fourth-order valence-electron chi connectivity index (χ4n) is 2.28. The number of morpholine rings is 1. The van der Waals surface area contributed by atoms with Gasteiger partial charge in [-0.3, -0.25) is 14.4 Å². The lowest BCUT2D eigenvalue weighted by molar-refractivity contribution is -0.146. The Morgan fingerprint density at radius 1 is 1.45 bits per heavy atom. The second-order valence-electron chi connectivity index (χ2n) is 4.90.